The molecule has 0 amide bonds. The number of benzene rings is 2. The lowest BCUT2D eigenvalue weighted by Gasteiger charge is -2.11. The van der Waals surface area contributed by atoms with Crippen LogP contribution in [0.15, 0.2) is 48.5 Å². The van der Waals surface area contributed by atoms with Gasteiger partial charge in [-0.2, -0.15) is 0 Å². The molecule has 88 valence electrons. The molecular weight excluding hydrogens is 256 g/mol. The van der Waals surface area contributed by atoms with Crippen molar-refractivity contribution < 1.29 is 8.76 Å². The van der Waals surface area contributed by atoms with Crippen LogP contribution in [0.5, 0.6) is 0 Å². The highest BCUT2D eigenvalue weighted by Crippen LogP contribution is 2.26. The van der Waals surface area contributed by atoms with Gasteiger partial charge in [0.15, 0.2) is 0 Å². The Balaban J connectivity index is 2.47. The van der Waals surface area contributed by atoms with Crippen LogP contribution in [-0.2, 0) is 16.8 Å². The molecule has 0 aliphatic heterocycles. The predicted molar refractivity (Wildman–Crippen MR) is 69.5 cm³/mol. The zero-order valence-corrected chi connectivity index (χ0v) is 10.5. The van der Waals surface area contributed by atoms with E-state index >= 15 is 0 Å². The molecule has 0 N–H and O–H groups in total. The largest absolute Gasteiger partial charge is 0.772 e. The summed E-state index contributed by atoms with van der Waals surface area (Å²) < 4.78 is 21.6. The third-order valence-corrected chi connectivity index (χ3v) is 3.21. The summed E-state index contributed by atoms with van der Waals surface area (Å²) in [6.07, 6.45) is 0. The van der Waals surface area contributed by atoms with Gasteiger partial charge in [-0.05, 0) is 28.8 Å². The molecule has 0 saturated heterocycles. The zero-order chi connectivity index (χ0) is 12.3. The van der Waals surface area contributed by atoms with Crippen molar-refractivity contribution in [2.24, 2.45) is 0 Å². The standard InChI is InChI=1S/C13H11ClO2S/c14-12-6-3-5-10(8-12)13-7-2-1-4-11(13)9-17(15)16/h1-8H,9H2,(H,15,16)/p-1. The average Bonchev–Trinajstić information content (AvgIpc) is 2.29. The van der Waals surface area contributed by atoms with Crippen molar-refractivity contribution in [3.63, 3.8) is 0 Å². The topological polar surface area (TPSA) is 40.1 Å². The maximum atomic E-state index is 10.8. The zero-order valence-electron chi connectivity index (χ0n) is 8.93. The molecule has 0 radical (unpaired) electrons. The molecule has 2 rings (SSSR count). The molecular formula is C13H10ClO2S-. The lowest BCUT2D eigenvalue weighted by molar-refractivity contribution is 0.536. The molecule has 0 spiro atoms. The van der Waals surface area contributed by atoms with E-state index in [1.54, 1.807) is 6.07 Å². The summed E-state index contributed by atoms with van der Waals surface area (Å²) in [5.41, 5.74) is 2.61. The summed E-state index contributed by atoms with van der Waals surface area (Å²) in [6.45, 7) is 0. The van der Waals surface area contributed by atoms with E-state index in [0.717, 1.165) is 16.7 Å². The van der Waals surface area contributed by atoms with Gasteiger partial charge in [0.1, 0.15) is 0 Å². The van der Waals surface area contributed by atoms with Crippen LogP contribution in [0.25, 0.3) is 11.1 Å². The summed E-state index contributed by atoms with van der Waals surface area (Å²) in [6, 6.07) is 14.8. The first kappa shape index (κ1) is 12.3. The summed E-state index contributed by atoms with van der Waals surface area (Å²) in [5, 5.41) is 0.639. The Morgan fingerprint density at radius 1 is 1.12 bits per heavy atom. The Morgan fingerprint density at radius 3 is 2.59 bits per heavy atom. The molecule has 0 aromatic heterocycles. The van der Waals surface area contributed by atoms with Crippen molar-refractivity contribution in [1.29, 1.82) is 0 Å². The van der Waals surface area contributed by atoms with Crippen molar-refractivity contribution >= 4 is 22.7 Å². The molecule has 0 aliphatic rings. The van der Waals surface area contributed by atoms with Crippen LogP contribution in [0.2, 0.25) is 5.02 Å². The van der Waals surface area contributed by atoms with Gasteiger partial charge in [-0.15, -0.1) is 0 Å². The third kappa shape index (κ3) is 3.16. The normalized spacial score (nSPS) is 12.4. The summed E-state index contributed by atoms with van der Waals surface area (Å²) in [4.78, 5) is 0. The van der Waals surface area contributed by atoms with Crippen molar-refractivity contribution in [3.8, 4) is 11.1 Å². The van der Waals surface area contributed by atoms with E-state index in [1.165, 1.54) is 0 Å². The Hall–Kier alpha value is -1.16. The van der Waals surface area contributed by atoms with E-state index in [1.807, 2.05) is 42.5 Å². The Morgan fingerprint density at radius 2 is 1.88 bits per heavy atom. The monoisotopic (exact) mass is 265 g/mol. The second-order valence-corrected chi connectivity index (χ2v) is 4.95. The molecule has 2 nitrogen and oxygen atoms in total. The van der Waals surface area contributed by atoms with Gasteiger partial charge >= 0.3 is 0 Å². The van der Waals surface area contributed by atoms with E-state index in [0.29, 0.717) is 5.02 Å². The number of halogens is 1. The first-order valence-corrected chi connectivity index (χ1v) is 6.69. The third-order valence-electron chi connectivity index (χ3n) is 2.43. The van der Waals surface area contributed by atoms with E-state index in [4.69, 9.17) is 11.6 Å². The SMILES string of the molecule is O=S([O-])Cc1ccccc1-c1cccc(Cl)c1. The maximum Gasteiger partial charge on any atom is 0.0412 e. The predicted octanol–water partition coefficient (Wildman–Crippen LogP) is 3.39. The minimum absolute atomic E-state index is 0.0166. The highest BCUT2D eigenvalue weighted by atomic mass is 35.5. The fourth-order valence-corrected chi connectivity index (χ4v) is 2.41. The average molecular weight is 266 g/mol. The lowest BCUT2D eigenvalue weighted by Crippen LogP contribution is -1.96. The van der Waals surface area contributed by atoms with Gasteiger partial charge in [0, 0.05) is 10.8 Å². The number of hydrogen-bond acceptors (Lipinski definition) is 2. The van der Waals surface area contributed by atoms with Gasteiger partial charge in [-0.1, -0.05) is 59.1 Å². The smallest absolute Gasteiger partial charge is 0.0412 e. The summed E-state index contributed by atoms with van der Waals surface area (Å²) in [5.74, 6) is 0.0166. The van der Waals surface area contributed by atoms with E-state index in [2.05, 4.69) is 0 Å². The molecule has 1 atom stereocenters. The van der Waals surface area contributed by atoms with Crippen molar-refractivity contribution in [3.05, 3.63) is 59.1 Å². The second kappa shape index (κ2) is 5.45. The van der Waals surface area contributed by atoms with E-state index in [-0.39, 0.29) is 5.75 Å². The first-order chi connectivity index (χ1) is 8.16. The molecule has 0 saturated carbocycles. The quantitative estimate of drug-likeness (QED) is 0.798. The van der Waals surface area contributed by atoms with Gasteiger partial charge in [0.05, 0.1) is 0 Å². The van der Waals surface area contributed by atoms with Gasteiger partial charge in [-0.25, -0.2) is 0 Å². The van der Waals surface area contributed by atoms with Crippen LogP contribution < -0.4 is 0 Å². The summed E-state index contributed by atoms with van der Waals surface area (Å²) in [7, 11) is 0. The van der Waals surface area contributed by atoms with Crippen LogP contribution in [0, 0.1) is 0 Å². The molecule has 0 aliphatic carbocycles. The lowest BCUT2D eigenvalue weighted by atomic mass is 10.0. The number of rotatable bonds is 3. The second-order valence-electron chi connectivity index (χ2n) is 3.62. The van der Waals surface area contributed by atoms with Crippen molar-refractivity contribution in [2.75, 3.05) is 0 Å². The molecule has 0 fully saturated rings. The van der Waals surface area contributed by atoms with Gasteiger partial charge in [0.2, 0.25) is 0 Å². The molecule has 4 heteroatoms. The van der Waals surface area contributed by atoms with Crippen LogP contribution >= 0.6 is 11.6 Å². The Bertz CT molecular complexity index is 555. The van der Waals surface area contributed by atoms with Crippen LogP contribution in [0.3, 0.4) is 0 Å². The van der Waals surface area contributed by atoms with Gasteiger partial charge in [-0.3, -0.25) is 4.21 Å². The molecule has 0 heterocycles. The first-order valence-electron chi connectivity index (χ1n) is 5.06. The van der Waals surface area contributed by atoms with Gasteiger partial charge < -0.3 is 4.55 Å². The molecule has 1 unspecified atom stereocenters. The minimum atomic E-state index is -2.09. The van der Waals surface area contributed by atoms with Crippen LogP contribution in [-0.4, -0.2) is 8.76 Å². The van der Waals surface area contributed by atoms with Crippen molar-refractivity contribution in [1.82, 2.24) is 0 Å². The number of hydrogen-bond donors (Lipinski definition) is 0. The van der Waals surface area contributed by atoms with E-state index in [9.17, 15) is 8.76 Å². The summed E-state index contributed by atoms with van der Waals surface area (Å²) >= 11 is 3.84. The molecule has 2 aromatic carbocycles. The highest BCUT2D eigenvalue weighted by Gasteiger charge is 2.04. The highest BCUT2D eigenvalue weighted by molar-refractivity contribution is 7.78. The molecule has 0 bridgehead atoms. The van der Waals surface area contributed by atoms with Crippen molar-refractivity contribution in [2.45, 2.75) is 5.75 Å². The molecule has 2 aromatic rings. The Labute approximate surface area is 108 Å². The maximum absolute atomic E-state index is 10.8. The fourth-order valence-electron chi connectivity index (χ4n) is 1.71. The van der Waals surface area contributed by atoms with Gasteiger partial charge in [0.25, 0.3) is 0 Å². The minimum Gasteiger partial charge on any atom is -0.772 e. The van der Waals surface area contributed by atoms with Crippen LogP contribution in [0.1, 0.15) is 5.56 Å². The molecule has 17 heavy (non-hydrogen) atoms. The fraction of sp³-hybridized carbons (Fsp3) is 0.0769. The van der Waals surface area contributed by atoms with E-state index < -0.39 is 11.1 Å². The van der Waals surface area contributed by atoms with Crippen LogP contribution in [0.4, 0.5) is 0 Å². The Kier molecular flexibility index (Phi) is 3.94.